The summed E-state index contributed by atoms with van der Waals surface area (Å²) in [6.07, 6.45) is 9.61. The molecule has 2 rings (SSSR count). The minimum absolute atomic E-state index is 0.00871. The predicted molar refractivity (Wildman–Crippen MR) is 79.7 cm³/mol. The van der Waals surface area contributed by atoms with Crippen molar-refractivity contribution in [2.24, 2.45) is 0 Å². The van der Waals surface area contributed by atoms with Crippen molar-refractivity contribution in [3.8, 4) is 0 Å². The lowest BCUT2D eigenvalue weighted by molar-refractivity contribution is -0.120. The van der Waals surface area contributed by atoms with Gasteiger partial charge in [0.15, 0.2) is 0 Å². The van der Waals surface area contributed by atoms with Gasteiger partial charge in [-0.2, -0.15) is 0 Å². The number of allylic oxidation sites excluding steroid dienone is 1. The summed E-state index contributed by atoms with van der Waals surface area (Å²) in [5.74, 6) is 5.63. The van der Waals surface area contributed by atoms with Gasteiger partial charge in [-0.3, -0.25) is 4.79 Å². The Morgan fingerprint density at radius 3 is 3.10 bits per heavy atom. The Labute approximate surface area is 123 Å². The van der Waals surface area contributed by atoms with Crippen molar-refractivity contribution in [1.82, 2.24) is 20.2 Å². The normalized spacial score (nSPS) is 16.6. The van der Waals surface area contributed by atoms with Crippen LogP contribution in [-0.2, 0) is 4.79 Å². The lowest BCUT2D eigenvalue weighted by Crippen LogP contribution is -2.32. The van der Waals surface area contributed by atoms with Gasteiger partial charge in [0.1, 0.15) is 6.33 Å². The van der Waals surface area contributed by atoms with E-state index in [2.05, 4.69) is 21.6 Å². The van der Waals surface area contributed by atoms with Crippen LogP contribution in [-0.4, -0.2) is 32.6 Å². The molecule has 1 atom stereocenters. The summed E-state index contributed by atoms with van der Waals surface area (Å²) in [5, 5.41) is 10.8. The molecule has 20 heavy (non-hydrogen) atoms. The Hall–Kier alpha value is -1.50. The van der Waals surface area contributed by atoms with Crippen LogP contribution in [0.2, 0.25) is 0 Å². The van der Waals surface area contributed by atoms with Crippen LogP contribution in [0.15, 0.2) is 23.1 Å². The second-order valence-corrected chi connectivity index (χ2v) is 6.24. The number of amides is 1. The summed E-state index contributed by atoms with van der Waals surface area (Å²) in [6.45, 7) is 2.54. The molecule has 0 fully saturated rings. The molecule has 0 spiro atoms. The quantitative estimate of drug-likeness (QED) is 0.471. The molecule has 3 N–H and O–H groups in total. The second kappa shape index (κ2) is 7.33. The average Bonchev–Trinajstić information content (AvgIpc) is 2.85. The summed E-state index contributed by atoms with van der Waals surface area (Å²) in [4.78, 5) is 12.0. The molecule has 0 saturated heterocycles. The monoisotopic (exact) mass is 295 g/mol. The van der Waals surface area contributed by atoms with Gasteiger partial charge >= 0.3 is 0 Å². The highest BCUT2D eigenvalue weighted by atomic mass is 32.2. The Balaban J connectivity index is 1.71. The SMILES string of the molecule is C[C@@H](Sc1nncn1N)C(=O)NCCC1=CCCCC1. The van der Waals surface area contributed by atoms with E-state index >= 15 is 0 Å². The van der Waals surface area contributed by atoms with Gasteiger partial charge in [-0.1, -0.05) is 23.4 Å². The van der Waals surface area contributed by atoms with E-state index in [1.54, 1.807) is 0 Å². The van der Waals surface area contributed by atoms with E-state index < -0.39 is 0 Å². The molecule has 1 aliphatic carbocycles. The zero-order chi connectivity index (χ0) is 14.4. The third kappa shape index (κ3) is 4.26. The highest BCUT2D eigenvalue weighted by Gasteiger charge is 2.17. The molecule has 0 saturated carbocycles. The molecule has 0 aliphatic heterocycles. The number of rotatable bonds is 6. The van der Waals surface area contributed by atoms with Crippen molar-refractivity contribution >= 4 is 17.7 Å². The molecule has 6 nitrogen and oxygen atoms in total. The number of nitrogens with one attached hydrogen (secondary N) is 1. The van der Waals surface area contributed by atoms with Gasteiger partial charge in [-0.15, -0.1) is 10.2 Å². The maximum atomic E-state index is 12.0. The van der Waals surface area contributed by atoms with Gasteiger partial charge in [-0.25, -0.2) is 4.68 Å². The van der Waals surface area contributed by atoms with Crippen molar-refractivity contribution in [2.75, 3.05) is 12.4 Å². The van der Waals surface area contributed by atoms with Crippen molar-refractivity contribution < 1.29 is 4.79 Å². The summed E-state index contributed by atoms with van der Waals surface area (Å²) in [6, 6.07) is 0. The summed E-state index contributed by atoms with van der Waals surface area (Å²) < 4.78 is 1.32. The average molecular weight is 295 g/mol. The minimum Gasteiger partial charge on any atom is -0.355 e. The van der Waals surface area contributed by atoms with Gasteiger partial charge < -0.3 is 11.2 Å². The lowest BCUT2D eigenvalue weighted by atomic mass is 9.97. The molecule has 0 unspecified atom stereocenters. The van der Waals surface area contributed by atoms with Crippen molar-refractivity contribution in [2.45, 2.75) is 49.4 Å². The van der Waals surface area contributed by atoms with Crippen LogP contribution >= 0.6 is 11.8 Å². The first-order valence-electron chi connectivity index (χ1n) is 6.94. The number of hydrogen-bond donors (Lipinski definition) is 2. The number of carbonyl (C=O) groups excluding carboxylic acids is 1. The maximum Gasteiger partial charge on any atom is 0.233 e. The zero-order valence-electron chi connectivity index (χ0n) is 11.7. The Morgan fingerprint density at radius 1 is 1.60 bits per heavy atom. The molecule has 110 valence electrons. The van der Waals surface area contributed by atoms with E-state index in [4.69, 9.17) is 5.84 Å². The molecule has 7 heteroatoms. The first-order chi connectivity index (χ1) is 9.66. The standard InChI is InChI=1S/C13H21N5OS/c1-10(20-13-17-16-9-18(13)14)12(19)15-8-7-11-5-3-2-4-6-11/h5,9-10H,2-4,6-8,14H2,1H3,(H,15,19)/t10-/m1/s1. The summed E-state index contributed by atoms with van der Waals surface area (Å²) in [5.41, 5.74) is 1.47. The second-order valence-electron chi connectivity index (χ2n) is 4.93. The predicted octanol–water partition coefficient (Wildman–Crippen LogP) is 1.48. The van der Waals surface area contributed by atoms with Gasteiger partial charge in [0.2, 0.25) is 11.1 Å². The number of thioether (sulfide) groups is 1. The molecular weight excluding hydrogens is 274 g/mol. The van der Waals surface area contributed by atoms with Crippen LogP contribution in [0.5, 0.6) is 0 Å². The van der Waals surface area contributed by atoms with E-state index in [1.807, 2.05) is 6.92 Å². The van der Waals surface area contributed by atoms with E-state index in [9.17, 15) is 4.79 Å². The smallest absolute Gasteiger partial charge is 0.233 e. The highest BCUT2D eigenvalue weighted by Crippen LogP contribution is 2.21. The molecule has 1 amide bonds. The highest BCUT2D eigenvalue weighted by molar-refractivity contribution is 8.00. The van der Waals surface area contributed by atoms with Crippen LogP contribution < -0.4 is 11.2 Å². The van der Waals surface area contributed by atoms with Crippen molar-refractivity contribution in [1.29, 1.82) is 0 Å². The first kappa shape index (κ1) is 14.9. The number of nitrogens with zero attached hydrogens (tertiary/aromatic N) is 3. The van der Waals surface area contributed by atoms with Crippen molar-refractivity contribution in [3.63, 3.8) is 0 Å². The largest absolute Gasteiger partial charge is 0.355 e. The fourth-order valence-corrected chi connectivity index (χ4v) is 2.92. The number of nitrogen functional groups attached to an aromatic ring is 1. The number of nitrogens with two attached hydrogens (primary N) is 1. The number of hydrogen-bond acceptors (Lipinski definition) is 5. The fourth-order valence-electron chi connectivity index (χ4n) is 2.15. The van der Waals surface area contributed by atoms with Gasteiger partial charge in [-0.05, 0) is 39.0 Å². The van der Waals surface area contributed by atoms with Gasteiger partial charge in [0.05, 0.1) is 5.25 Å². The Bertz CT molecular complexity index is 485. The van der Waals surface area contributed by atoms with Crippen molar-refractivity contribution in [3.05, 3.63) is 18.0 Å². The molecule has 1 aliphatic rings. The van der Waals surface area contributed by atoms with Crippen LogP contribution in [0.3, 0.4) is 0 Å². The summed E-state index contributed by atoms with van der Waals surface area (Å²) >= 11 is 1.31. The topological polar surface area (TPSA) is 85.8 Å². The van der Waals surface area contributed by atoms with E-state index in [0.717, 1.165) is 6.42 Å². The first-order valence-corrected chi connectivity index (χ1v) is 7.82. The zero-order valence-corrected chi connectivity index (χ0v) is 12.5. The molecule has 1 heterocycles. The maximum absolute atomic E-state index is 12.0. The van der Waals surface area contributed by atoms with Gasteiger partial charge in [0.25, 0.3) is 0 Å². The molecule has 0 bridgehead atoms. The van der Waals surface area contributed by atoms with Crippen LogP contribution in [0.1, 0.15) is 39.0 Å². The third-order valence-electron chi connectivity index (χ3n) is 3.32. The Kier molecular flexibility index (Phi) is 5.46. The van der Waals surface area contributed by atoms with Crippen LogP contribution in [0, 0.1) is 0 Å². The van der Waals surface area contributed by atoms with Crippen LogP contribution in [0.25, 0.3) is 0 Å². The third-order valence-corrected chi connectivity index (χ3v) is 4.39. The van der Waals surface area contributed by atoms with Gasteiger partial charge in [0, 0.05) is 6.54 Å². The van der Waals surface area contributed by atoms with Crippen LogP contribution in [0.4, 0.5) is 0 Å². The fraction of sp³-hybridized carbons (Fsp3) is 0.615. The van der Waals surface area contributed by atoms with E-state index in [-0.39, 0.29) is 11.2 Å². The minimum atomic E-state index is -0.234. The van der Waals surface area contributed by atoms with E-state index in [0.29, 0.717) is 11.7 Å². The lowest BCUT2D eigenvalue weighted by Gasteiger charge is -2.14. The molecule has 1 aromatic heterocycles. The Morgan fingerprint density at radius 2 is 2.45 bits per heavy atom. The molecule has 0 radical (unpaired) electrons. The number of aromatic nitrogens is 3. The molecular formula is C13H21N5OS. The number of carbonyl (C=O) groups is 1. The molecule has 1 aromatic rings. The molecule has 0 aromatic carbocycles. The summed E-state index contributed by atoms with van der Waals surface area (Å²) in [7, 11) is 0. The van der Waals surface area contributed by atoms with E-state index in [1.165, 1.54) is 54.0 Å².